The zero-order valence-electron chi connectivity index (χ0n) is 14.0. The summed E-state index contributed by atoms with van der Waals surface area (Å²) < 4.78 is 1.66. The van der Waals surface area contributed by atoms with Crippen molar-refractivity contribution in [1.29, 1.82) is 0 Å². The molecule has 0 radical (unpaired) electrons. The molecule has 1 saturated heterocycles. The van der Waals surface area contributed by atoms with E-state index in [0.717, 1.165) is 25.1 Å². The summed E-state index contributed by atoms with van der Waals surface area (Å²) in [6.45, 7) is 1.22. The van der Waals surface area contributed by atoms with Crippen molar-refractivity contribution in [2.75, 3.05) is 32.5 Å². The van der Waals surface area contributed by atoms with Gasteiger partial charge in [-0.15, -0.1) is 0 Å². The lowest BCUT2D eigenvalue weighted by Crippen LogP contribution is -2.40. The number of hydrogen-bond donors (Lipinski definition) is 1. The molecule has 3 rings (SSSR count). The van der Waals surface area contributed by atoms with Crippen molar-refractivity contribution >= 4 is 17.5 Å². The first-order chi connectivity index (χ1) is 10.9. The highest BCUT2D eigenvalue weighted by Gasteiger charge is 2.41. The second kappa shape index (κ2) is 6.31. The molecule has 0 bridgehead atoms. The number of aryl methyl sites for hydroxylation is 1. The highest BCUT2D eigenvalue weighted by atomic mass is 16.2. The standard InChI is InChI=1S/C16H25N5O2/c1-19(10-15(22)18-13-7-17-21(3)9-13)14-4-11-6-16(23)20(2)8-12(11)5-14/h7,9,11-12,14H,4-6,8,10H2,1-3H3,(H,18,22)/t11-,12+,14-/m0/s1. The number of carbonyl (C=O) groups is 2. The first kappa shape index (κ1) is 16.0. The molecule has 2 amide bonds. The van der Waals surface area contributed by atoms with E-state index in [1.165, 1.54) is 0 Å². The van der Waals surface area contributed by atoms with E-state index in [0.29, 0.717) is 30.8 Å². The molecule has 1 aromatic heterocycles. The number of likely N-dealkylation sites (tertiary alicyclic amines) is 1. The molecule has 2 heterocycles. The fraction of sp³-hybridized carbons (Fsp3) is 0.688. The number of amides is 2. The minimum atomic E-state index is -0.0245. The van der Waals surface area contributed by atoms with E-state index in [2.05, 4.69) is 15.3 Å². The molecule has 1 aliphatic heterocycles. The van der Waals surface area contributed by atoms with Crippen LogP contribution in [0.5, 0.6) is 0 Å². The lowest BCUT2D eigenvalue weighted by molar-refractivity contribution is -0.134. The number of anilines is 1. The molecule has 7 nitrogen and oxygen atoms in total. The van der Waals surface area contributed by atoms with Gasteiger partial charge in [-0.25, -0.2) is 0 Å². The Hall–Kier alpha value is -1.89. The Morgan fingerprint density at radius 2 is 2.13 bits per heavy atom. The lowest BCUT2D eigenvalue weighted by Gasteiger charge is -2.31. The normalized spacial score (nSPS) is 27.4. The van der Waals surface area contributed by atoms with E-state index in [9.17, 15) is 9.59 Å². The van der Waals surface area contributed by atoms with Gasteiger partial charge in [-0.05, 0) is 31.7 Å². The van der Waals surface area contributed by atoms with Crippen LogP contribution in [0.3, 0.4) is 0 Å². The Balaban J connectivity index is 1.52. The van der Waals surface area contributed by atoms with Crippen LogP contribution in [0, 0.1) is 11.8 Å². The van der Waals surface area contributed by atoms with Crippen molar-refractivity contribution < 1.29 is 9.59 Å². The quantitative estimate of drug-likeness (QED) is 0.880. The first-order valence-electron chi connectivity index (χ1n) is 8.15. The monoisotopic (exact) mass is 319 g/mol. The summed E-state index contributed by atoms with van der Waals surface area (Å²) in [6, 6.07) is 0.379. The van der Waals surface area contributed by atoms with Crippen LogP contribution in [0.2, 0.25) is 0 Å². The maximum atomic E-state index is 12.2. The van der Waals surface area contributed by atoms with Crippen LogP contribution >= 0.6 is 0 Å². The van der Waals surface area contributed by atoms with Crippen LogP contribution in [0.25, 0.3) is 0 Å². The van der Waals surface area contributed by atoms with Gasteiger partial charge in [0, 0.05) is 39.3 Å². The number of rotatable bonds is 4. The van der Waals surface area contributed by atoms with Gasteiger partial charge in [0.15, 0.2) is 0 Å². The maximum Gasteiger partial charge on any atom is 0.238 e. The largest absolute Gasteiger partial charge is 0.345 e. The number of likely N-dealkylation sites (N-methyl/N-ethyl adjacent to an activating group) is 1. The number of nitrogens with zero attached hydrogens (tertiary/aromatic N) is 4. The van der Waals surface area contributed by atoms with Crippen molar-refractivity contribution in [3.63, 3.8) is 0 Å². The minimum absolute atomic E-state index is 0.0245. The zero-order chi connectivity index (χ0) is 16.6. The van der Waals surface area contributed by atoms with Gasteiger partial charge >= 0.3 is 0 Å². The summed E-state index contributed by atoms with van der Waals surface area (Å²) in [5.74, 6) is 1.28. The second-order valence-corrected chi connectivity index (χ2v) is 6.99. The smallest absolute Gasteiger partial charge is 0.238 e. The highest BCUT2D eigenvalue weighted by molar-refractivity contribution is 5.91. The number of aromatic nitrogens is 2. The third-order valence-electron chi connectivity index (χ3n) is 5.19. The molecule has 3 atom stereocenters. The second-order valence-electron chi connectivity index (χ2n) is 6.99. The maximum absolute atomic E-state index is 12.2. The Morgan fingerprint density at radius 1 is 1.39 bits per heavy atom. The Bertz CT molecular complexity index is 599. The molecule has 126 valence electrons. The number of fused-ring (bicyclic) bond motifs is 1. The fourth-order valence-corrected chi connectivity index (χ4v) is 3.89. The average molecular weight is 319 g/mol. The third kappa shape index (κ3) is 3.55. The van der Waals surface area contributed by atoms with Crippen LogP contribution in [0.1, 0.15) is 19.3 Å². The molecule has 1 aliphatic carbocycles. The molecule has 2 aliphatic rings. The molecule has 0 aromatic carbocycles. The summed E-state index contributed by atoms with van der Waals surface area (Å²) in [5.41, 5.74) is 0.721. The predicted octanol–water partition coefficient (Wildman–Crippen LogP) is 0.547. The fourth-order valence-electron chi connectivity index (χ4n) is 3.89. The van der Waals surface area contributed by atoms with Crippen LogP contribution in [0.15, 0.2) is 12.4 Å². The third-order valence-corrected chi connectivity index (χ3v) is 5.19. The lowest BCUT2D eigenvalue weighted by atomic mass is 9.88. The number of carbonyl (C=O) groups excluding carboxylic acids is 2. The van der Waals surface area contributed by atoms with Crippen LogP contribution < -0.4 is 5.32 Å². The number of piperidine rings is 1. The van der Waals surface area contributed by atoms with Gasteiger partial charge in [0.2, 0.25) is 11.8 Å². The van der Waals surface area contributed by atoms with Gasteiger partial charge in [-0.3, -0.25) is 19.2 Å². The topological polar surface area (TPSA) is 70.5 Å². The molecule has 1 N–H and O–H groups in total. The summed E-state index contributed by atoms with van der Waals surface area (Å²) in [7, 11) is 5.70. The molecule has 0 unspecified atom stereocenters. The van der Waals surface area contributed by atoms with Crippen LogP contribution in [-0.4, -0.2) is 64.6 Å². The molecular formula is C16H25N5O2. The summed E-state index contributed by atoms with van der Waals surface area (Å²) in [4.78, 5) is 28.0. The number of nitrogens with one attached hydrogen (secondary N) is 1. The van der Waals surface area contributed by atoms with Gasteiger partial charge in [-0.1, -0.05) is 0 Å². The summed E-state index contributed by atoms with van der Waals surface area (Å²) >= 11 is 0. The summed E-state index contributed by atoms with van der Waals surface area (Å²) in [6.07, 6.45) is 6.17. The predicted molar refractivity (Wildman–Crippen MR) is 86.7 cm³/mol. The van der Waals surface area contributed by atoms with E-state index >= 15 is 0 Å². The Labute approximate surface area is 136 Å². The van der Waals surface area contributed by atoms with E-state index in [1.54, 1.807) is 17.1 Å². The van der Waals surface area contributed by atoms with Crippen molar-refractivity contribution in [3.8, 4) is 0 Å². The van der Waals surface area contributed by atoms with E-state index in [4.69, 9.17) is 0 Å². The van der Waals surface area contributed by atoms with Crippen molar-refractivity contribution in [2.24, 2.45) is 18.9 Å². The molecule has 2 fully saturated rings. The molecule has 0 spiro atoms. The van der Waals surface area contributed by atoms with E-state index in [1.807, 2.05) is 26.0 Å². The van der Waals surface area contributed by atoms with Crippen LogP contribution in [0.4, 0.5) is 5.69 Å². The molecule has 1 saturated carbocycles. The summed E-state index contributed by atoms with van der Waals surface area (Å²) in [5, 5.41) is 6.91. The van der Waals surface area contributed by atoms with Crippen molar-refractivity contribution in [1.82, 2.24) is 19.6 Å². The van der Waals surface area contributed by atoms with Gasteiger partial charge in [0.1, 0.15) is 0 Å². The van der Waals surface area contributed by atoms with Gasteiger partial charge < -0.3 is 10.2 Å². The Kier molecular flexibility index (Phi) is 4.39. The molecular weight excluding hydrogens is 294 g/mol. The van der Waals surface area contributed by atoms with E-state index < -0.39 is 0 Å². The number of hydrogen-bond acceptors (Lipinski definition) is 4. The highest BCUT2D eigenvalue weighted by Crippen LogP contribution is 2.39. The molecule has 23 heavy (non-hydrogen) atoms. The SMILES string of the molecule is CN1C[C@H]2C[C@@H](N(C)CC(=O)Nc3cnn(C)c3)C[C@H]2CC1=O. The minimum Gasteiger partial charge on any atom is -0.345 e. The first-order valence-corrected chi connectivity index (χ1v) is 8.15. The van der Waals surface area contributed by atoms with Gasteiger partial charge in [-0.2, -0.15) is 5.10 Å². The zero-order valence-corrected chi connectivity index (χ0v) is 14.0. The van der Waals surface area contributed by atoms with E-state index in [-0.39, 0.29) is 11.8 Å². The van der Waals surface area contributed by atoms with Crippen LogP contribution in [-0.2, 0) is 16.6 Å². The average Bonchev–Trinajstić information content (AvgIpc) is 3.05. The van der Waals surface area contributed by atoms with Crippen molar-refractivity contribution in [2.45, 2.75) is 25.3 Å². The van der Waals surface area contributed by atoms with Gasteiger partial charge in [0.25, 0.3) is 0 Å². The van der Waals surface area contributed by atoms with Gasteiger partial charge in [0.05, 0.1) is 18.4 Å². The molecule has 7 heteroatoms. The van der Waals surface area contributed by atoms with Crippen molar-refractivity contribution in [3.05, 3.63) is 12.4 Å². The molecule has 1 aromatic rings. The Morgan fingerprint density at radius 3 is 2.83 bits per heavy atom.